The smallest absolute Gasteiger partial charge is 0.223 e. The molecule has 0 spiro atoms. The molecule has 1 aromatic rings. The first-order chi connectivity index (χ1) is 8.76. The molecule has 4 atom stereocenters. The first-order valence-electron chi connectivity index (χ1n) is 6.98. The van der Waals surface area contributed by atoms with Gasteiger partial charge in [0, 0.05) is 6.92 Å². The topological polar surface area (TPSA) is 51.0 Å². The van der Waals surface area contributed by atoms with Gasteiger partial charge in [-0.05, 0) is 43.6 Å². The van der Waals surface area contributed by atoms with Crippen molar-refractivity contribution in [1.29, 1.82) is 0 Å². The molecule has 1 heterocycles. The van der Waals surface area contributed by atoms with Crippen LogP contribution in [0.5, 0.6) is 0 Å². The fourth-order valence-electron chi connectivity index (χ4n) is 3.30. The summed E-state index contributed by atoms with van der Waals surface area (Å²) >= 11 is 0. The van der Waals surface area contributed by atoms with E-state index in [-0.39, 0.29) is 6.04 Å². The SMILES string of the molecule is CC[C@@H](NC[C@@H]1C[C@H]2C=C[C@H]1C2)c1noc(C)n1. The maximum absolute atomic E-state index is 5.06. The molecule has 0 saturated heterocycles. The maximum atomic E-state index is 5.06. The summed E-state index contributed by atoms with van der Waals surface area (Å²) in [6.45, 7) is 5.06. The Hall–Kier alpha value is -1.16. The molecule has 0 unspecified atom stereocenters. The van der Waals surface area contributed by atoms with Crippen LogP contribution in [0.3, 0.4) is 0 Å². The number of aromatic nitrogens is 2. The van der Waals surface area contributed by atoms with Crippen LogP contribution in [0.2, 0.25) is 0 Å². The van der Waals surface area contributed by atoms with Crippen molar-refractivity contribution in [2.45, 2.75) is 39.2 Å². The normalized spacial score (nSPS) is 31.1. The summed E-state index contributed by atoms with van der Waals surface area (Å²) in [5.74, 6) is 3.88. The predicted molar refractivity (Wildman–Crippen MR) is 68.9 cm³/mol. The molecule has 0 radical (unpaired) electrons. The van der Waals surface area contributed by atoms with Gasteiger partial charge in [-0.3, -0.25) is 0 Å². The standard InChI is InChI=1S/C14H21N3O/c1-3-13(14-16-9(2)18-17-14)15-8-12-7-10-4-5-11(12)6-10/h4-5,10-13,15H,3,6-8H2,1-2H3/t10-,11-,12-,13+/m0/s1. The summed E-state index contributed by atoms with van der Waals surface area (Å²) in [6.07, 6.45) is 8.50. The van der Waals surface area contributed by atoms with E-state index in [1.165, 1.54) is 12.8 Å². The average Bonchev–Trinajstić information content (AvgIpc) is 3.06. The molecule has 2 aliphatic carbocycles. The average molecular weight is 247 g/mol. The van der Waals surface area contributed by atoms with Crippen LogP contribution in [0, 0.1) is 24.7 Å². The second kappa shape index (κ2) is 4.84. The van der Waals surface area contributed by atoms with Crippen LogP contribution in [-0.4, -0.2) is 16.7 Å². The maximum Gasteiger partial charge on any atom is 0.223 e. The Morgan fingerprint density at radius 3 is 2.89 bits per heavy atom. The highest BCUT2D eigenvalue weighted by atomic mass is 16.5. The van der Waals surface area contributed by atoms with Crippen molar-refractivity contribution < 1.29 is 4.52 Å². The minimum Gasteiger partial charge on any atom is -0.340 e. The summed E-state index contributed by atoms with van der Waals surface area (Å²) < 4.78 is 5.06. The lowest BCUT2D eigenvalue weighted by Crippen LogP contribution is -2.29. The Bertz CT molecular complexity index is 440. The van der Waals surface area contributed by atoms with Crippen molar-refractivity contribution >= 4 is 0 Å². The van der Waals surface area contributed by atoms with Gasteiger partial charge in [0.15, 0.2) is 5.82 Å². The Balaban J connectivity index is 1.56. The number of fused-ring (bicyclic) bond motifs is 2. The molecule has 18 heavy (non-hydrogen) atoms. The number of hydrogen-bond donors (Lipinski definition) is 1. The minimum absolute atomic E-state index is 0.227. The summed E-state index contributed by atoms with van der Waals surface area (Å²) in [5.41, 5.74) is 0. The van der Waals surface area contributed by atoms with Gasteiger partial charge in [0.1, 0.15) is 0 Å². The highest BCUT2D eigenvalue weighted by Gasteiger charge is 2.35. The van der Waals surface area contributed by atoms with E-state index in [1.54, 1.807) is 0 Å². The molecule has 4 heteroatoms. The van der Waals surface area contributed by atoms with Gasteiger partial charge in [0.2, 0.25) is 5.89 Å². The van der Waals surface area contributed by atoms with Crippen molar-refractivity contribution in [3.8, 4) is 0 Å². The first kappa shape index (κ1) is 11.9. The molecule has 4 nitrogen and oxygen atoms in total. The van der Waals surface area contributed by atoms with Gasteiger partial charge in [-0.15, -0.1) is 0 Å². The Kier molecular flexibility index (Phi) is 3.20. The predicted octanol–water partition coefficient (Wildman–Crippen LogP) is 2.63. The van der Waals surface area contributed by atoms with Gasteiger partial charge in [-0.1, -0.05) is 24.2 Å². The molecule has 0 aromatic carbocycles. The number of nitrogens with zero attached hydrogens (tertiary/aromatic N) is 2. The summed E-state index contributed by atoms with van der Waals surface area (Å²) in [4.78, 5) is 4.32. The van der Waals surface area contributed by atoms with Crippen molar-refractivity contribution in [2.75, 3.05) is 6.54 Å². The molecule has 1 aromatic heterocycles. The van der Waals surface area contributed by atoms with Crippen LogP contribution in [0.25, 0.3) is 0 Å². The van der Waals surface area contributed by atoms with Crippen molar-refractivity contribution in [3.63, 3.8) is 0 Å². The van der Waals surface area contributed by atoms with E-state index in [9.17, 15) is 0 Å². The molecule has 0 amide bonds. The largest absolute Gasteiger partial charge is 0.340 e. The molecule has 1 saturated carbocycles. The zero-order valence-corrected chi connectivity index (χ0v) is 11.1. The van der Waals surface area contributed by atoms with Gasteiger partial charge in [0.05, 0.1) is 6.04 Å². The Morgan fingerprint density at radius 1 is 1.44 bits per heavy atom. The number of hydrogen-bond acceptors (Lipinski definition) is 4. The van der Waals surface area contributed by atoms with Crippen LogP contribution in [0.15, 0.2) is 16.7 Å². The third-order valence-electron chi connectivity index (χ3n) is 4.31. The van der Waals surface area contributed by atoms with Gasteiger partial charge in [-0.25, -0.2) is 0 Å². The van der Waals surface area contributed by atoms with Crippen molar-refractivity contribution in [1.82, 2.24) is 15.5 Å². The van der Waals surface area contributed by atoms with Crippen LogP contribution in [0.1, 0.15) is 43.9 Å². The third-order valence-corrected chi connectivity index (χ3v) is 4.31. The van der Waals surface area contributed by atoms with Crippen molar-refractivity contribution in [3.05, 3.63) is 23.9 Å². The van der Waals surface area contributed by atoms with E-state index in [2.05, 4.69) is 34.5 Å². The van der Waals surface area contributed by atoms with Crippen LogP contribution < -0.4 is 5.32 Å². The number of rotatable bonds is 5. The quantitative estimate of drug-likeness (QED) is 0.813. The van der Waals surface area contributed by atoms with E-state index in [4.69, 9.17) is 4.52 Å². The second-order valence-electron chi connectivity index (χ2n) is 5.58. The molecule has 1 N–H and O–H groups in total. The summed E-state index contributed by atoms with van der Waals surface area (Å²) in [5, 5.41) is 7.62. The molecule has 1 fully saturated rings. The van der Waals surface area contributed by atoms with E-state index >= 15 is 0 Å². The molecular weight excluding hydrogens is 226 g/mol. The Morgan fingerprint density at radius 2 is 2.33 bits per heavy atom. The molecular formula is C14H21N3O. The van der Waals surface area contributed by atoms with Crippen LogP contribution in [-0.2, 0) is 0 Å². The highest BCUT2D eigenvalue weighted by molar-refractivity contribution is 5.10. The number of aryl methyl sites for hydroxylation is 1. The van der Waals surface area contributed by atoms with Gasteiger partial charge < -0.3 is 9.84 Å². The second-order valence-corrected chi connectivity index (χ2v) is 5.58. The summed E-state index contributed by atoms with van der Waals surface area (Å²) in [7, 11) is 0. The lowest BCUT2D eigenvalue weighted by Gasteiger charge is -2.21. The van der Waals surface area contributed by atoms with E-state index < -0.39 is 0 Å². The fraction of sp³-hybridized carbons (Fsp3) is 0.714. The fourth-order valence-corrected chi connectivity index (χ4v) is 3.30. The van der Waals surface area contributed by atoms with E-state index in [1.807, 2.05) is 6.92 Å². The third kappa shape index (κ3) is 2.21. The lowest BCUT2D eigenvalue weighted by molar-refractivity contribution is 0.353. The molecule has 98 valence electrons. The van der Waals surface area contributed by atoms with Crippen molar-refractivity contribution in [2.24, 2.45) is 17.8 Å². The van der Waals surface area contributed by atoms with Gasteiger partial charge in [0.25, 0.3) is 0 Å². The minimum atomic E-state index is 0.227. The first-order valence-corrected chi connectivity index (χ1v) is 6.98. The number of nitrogens with one attached hydrogen (secondary N) is 1. The molecule has 0 aliphatic heterocycles. The zero-order valence-electron chi connectivity index (χ0n) is 11.1. The summed E-state index contributed by atoms with van der Waals surface area (Å²) in [6, 6.07) is 0.227. The number of allylic oxidation sites excluding steroid dienone is 2. The van der Waals surface area contributed by atoms with Gasteiger partial charge >= 0.3 is 0 Å². The molecule has 3 rings (SSSR count). The highest BCUT2D eigenvalue weighted by Crippen LogP contribution is 2.43. The Labute approximate surface area is 108 Å². The van der Waals surface area contributed by atoms with E-state index in [0.29, 0.717) is 5.89 Å². The lowest BCUT2D eigenvalue weighted by atomic mass is 9.93. The monoisotopic (exact) mass is 247 g/mol. The van der Waals surface area contributed by atoms with Crippen LogP contribution >= 0.6 is 0 Å². The molecule has 2 bridgehead atoms. The van der Waals surface area contributed by atoms with Crippen LogP contribution in [0.4, 0.5) is 0 Å². The molecule has 2 aliphatic rings. The van der Waals surface area contributed by atoms with E-state index in [0.717, 1.165) is 36.5 Å². The van der Waals surface area contributed by atoms with Gasteiger partial charge in [-0.2, -0.15) is 4.98 Å². The zero-order chi connectivity index (χ0) is 12.5.